The van der Waals surface area contributed by atoms with Gasteiger partial charge in [-0.15, -0.1) is 0 Å². The number of amides is 1. The highest BCUT2D eigenvalue weighted by Crippen LogP contribution is 2.30. The van der Waals surface area contributed by atoms with Crippen molar-refractivity contribution in [3.8, 4) is 11.3 Å². The molecule has 0 radical (unpaired) electrons. The molecule has 33 heavy (non-hydrogen) atoms. The SMILES string of the molecule is CNC(=O)c1ncnc2c(C(C)[C@H](C)CNc3cc(-c4ccc(C)nc4)ncn3)cccc12. The van der Waals surface area contributed by atoms with Crippen molar-refractivity contribution in [3.05, 3.63) is 72.2 Å². The van der Waals surface area contributed by atoms with Crippen molar-refractivity contribution in [3.63, 3.8) is 0 Å². The van der Waals surface area contributed by atoms with Crippen LogP contribution in [0.3, 0.4) is 0 Å². The van der Waals surface area contributed by atoms with Crippen molar-refractivity contribution in [1.82, 2.24) is 30.2 Å². The van der Waals surface area contributed by atoms with Crippen LogP contribution in [-0.4, -0.2) is 44.4 Å². The largest absolute Gasteiger partial charge is 0.370 e. The molecule has 4 rings (SSSR count). The molecule has 8 heteroatoms. The van der Waals surface area contributed by atoms with E-state index < -0.39 is 0 Å². The van der Waals surface area contributed by atoms with E-state index >= 15 is 0 Å². The van der Waals surface area contributed by atoms with E-state index in [4.69, 9.17) is 0 Å². The van der Waals surface area contributed by atoms with Gasteiger partial charge in [-0.3, -0.25) is 9.78 Å². The number of aromatic nitrogens is 5. The second-order valence-corrected chi connectivity index (χ2v) is 8.17. The Morgan fingerprint density at radius 2 is 1.82 bits per heavy atom. The zero-order chi connectivity index (χ0) is 23.4. The van der Waals surface area contributed by atoms with Crippen LogP contribution < -0.4 is 10.6 Å². The number of benzene rings is 1. The fourth-order valence-corrected chi connectivity index (χ4v) is 3.76. The molecule has 2 N–H and O–H groups in total. The van der Waals surface area contributed by atoms with Crippen LogP contribution in [0, 0.1) is 12.8 Å². The van der Waals surface area contributed by atoms with Crippen molar-refractivity contribution in [2.75, 3.05) is 18.9 Å². The fraction of sp³-hybridized carbons (Fsp3) is 0.280. The second-order valence-electron chi connectivity index (χ2n) is 8.17. The topological polar surface area (TPSA) is 106 Å². The third-order valence-corrected chi connectivity index (χ3v) is 5.96. The third-order valence-electron chi connectivity index (χ3n) is 5.96. The van der Waals surface area contributed by atoms with Gasteiger partial charge in [0, 0.05) is 42.5 Å². The molecule has 8 nitrogen and oxygen atoms in total. The van der Waals surface area contributed by atoms with Crippen LogP contribution in [0.1, 0.15) is 41.5 Å². The molecule has 0 spiro atoms. The van der Waals surface area contributed by atoms with E-state index in [-0.39, 0.29) is 17.7 Å². The summed E-state index contributed by atoms with van der Waals surface area (Å²) in [5.41, 5.74) is 5.03. The molecule has 1 unspecified atom stereocenters. The van der Waals surface area contributed by atoms with Gasteiger partial charge in [-0.25, -0.2) is 19.9 Å². The monoisotopic (exact) mass is 441 g/mol. The lowest BCUT2D eigenvalue weighted by molar-refractivity contribution is 0.0960. The number of anilines is 1. The molecule has 2 atom stereocenters. The maximum absolute atomic E-state index is 12.2. The molecule has 168 valence electrons. The van der Waals surface area contributed by atoms with Gasteiger partial charge in [0.25, 0.3) is 5.91 Å². The first kappa shape index (κ1) is 22.3. The van der Waals surface area contributed by atoms with Gasteiger partial charge in [0.2, 0.25) is 0 Å². The lowest BCUT2D eigenvalue weighted by Crippen LogP contribution is -2.20. The van der Waals surface area contributed by atoms with Crippen molar-refractivity contribution in [1.29, 1.82) is 0 Å². The molecule has 0 bridgehead atoms. The Morgan fingerprint density at radius 3 is 2.58 bits per heavy atom. The predicted octanol–water partition coefficient (Wildman–Crippen LogP) is 4.00. The van der Waals surface area contributed by atoms with Gasteiger partial charge in [-0.2, -0.15) is 0 Å². The zero-order valence-corrected chi connectivity index (χ0v) is 19.2. The first-order valence-electron chi connectivity index (χ1n) is 10.9. The number of rotatable bonds is 7. The van der Waals surface area contributed by atoms with Gasteiger partial charge in [0.1, 0.15) is 24.2 Å². The first-order chi connectivity index (χ1) is 16.0. The number of para-hydroxylation sites is 1. The van der Waals surface area contributed by atoms with E-state index in [0.717, 1.165) is 39.2 Å². The number of nitrogens with one attached hydrogen (secondary N) is 2. The van der Waals surface area contributed by atoms with Crippen LogP contribution in [-0.2, 0) is 0 Å². The standard InChI is InChI=1S/C25H27N7O/c1-15(11-28-22-10-21(29-13-30-22)18-9-8-16(2)27-12-18)17(3)19-6-5-7-20-23(19)31-14-32-24(20)25(33)26-4/h5-10,12-15,17H,11H2,1-4H3,(H,26,33)(H,28,29,30)/t15-,17?/m1/s1. The molecule has 0 saturated heterocycles. The second kappa shape index (κ2) is 9.68. The van der Waals surface area contributed by atoms with Gasteiger partial charge in [0.15, 0.2) is 0 Å². The van der Waals surface area contributed by atoms with E-state index in [1.54, 1.807) is 13.4 Å². The highest BCUT2D eigenvalue weighted by molar-refractivity contribution is 6.04. The zero-order valence-electron chi connectivity index (χ0n) is 19.2. The van der Waals surface area contributed by atoms with Crippen LogP contribution in [0.2, 0.25) is 0 Å². The number of fused-ring (bicyclic) bond motifs is 1. The Labute approximate surface area is 193 Å². The number of hydrogen-bond donors (Lipinski definition) is 2. The molecule has 0 aliphatic heterocycles. The third kappa shape index (κ3) is 4.79. The Kier molecular flexibility index (Phi) is 6.53. The van der Waals surface area contributed by atoms with Crippen molar-refractivity contribution in [2.45, 2.75) is 26.7 Å². The van der Waals surface area contributed by atoms with Crippen LogP contribution >= 0.6 is 0 Å². The summed E-state index contributed by atoms with van der Waals surface area (Å²) < 4.78 is 0. The number of nitrogens with zero attached hydrogens (tertiary/aromatic N) is 5. The molecule has 1 aromatic carbocycles. The molecular formula is C25H27N7O. The lowest BCUT2D eigenvalue weighted by atomic mass is 9.87. The smallest absolute Gasteiger partial charge is 0.270 e. The number of aryl methyl sites for hydroxylation is 1. The minimum Gasteiger partial charge on any atom is -0.370 e. The molecule has 0 saturated carbocycles. The van der Waals surface area contributed by atoms with E-state index in [1.165, 1.54) is 6.33 Å². The predicted molar refractivity (Wildman–Crippen MR) is 129 cm³/mol. The van der Waals surface area contributed by atoms with Gasteiger partial charge >= 0.3 is 0 Å². The minimum atomic E-state index is -0.217. The highest BCUT2D eigenvalue weighted by atomic mass is 16.1. The number of pyridine rings is 1. The molecular weight excluding hydrogens is 414 g/mol. The fourth-order valence-electron chi connectivity index (χ4n) is 3.76. The Balaban J connectivity index is 1.51. The molecule has 1 amide bonds. The summed E-state index contributed by atoms with van der Waals surface area (Å²) in [6.07, 6.45) is 4.84. The maximum Gasteiger partial charge on any atom is 0.270 e. The Morgan fingerprint density at radius 1 is 1.00 bits per heavy atom. The summed E-state index contributed by atoms with van der Waals surface area (Å²) in [7, 11) is 1.60. The molecule has 3 aromatic heterocycles. The van der Waals surface area contributed by atoms with E-state index in [0.29, 0.717) is 12.2 Å². The van der Waals surface area contributed by atoms with Gasteiger partial charge < -0.3 is 10.6 Å². The molecule has 0 aliphatic rings. The lowest BCUT2D eigenvalue weighted by Gasteiger charge is -2.22. The van der Waals surface area contributed by atoms with E-state index in [9.17, 15) is 4.79 Å². The Bertz CT molecular complexity index is 1270. The summed E-state index contributed by atoms with van der Waals surface area (Å²) in [5.74, 6) is 1.01. The van der Waals surface area contributed by atoms with Gasteiger partial charge in [-0.1, -0.05) is 32.0 Å². The normalized spacial score (nSPS) is 12.8. The van der Waals surface area contributed by atoms with Crippen LogP contribution in [0.4, 0.5) is 5.82 Å². The molecule has 0 fully saturated rings. The minimum absolute atomic E-state index is 0.191. The van der Waals surface area contributed by atoms with Crippen molar-refractivity contribution < 1.29 is 4.79 Å². The van der Waals surface area contributed by atoms with E-state index in [2.05, 4.69) is 55.5 Å². The van der Waals surface area contributed by atoms with Crippen LogP contribution in [0.15, 0.2) is 55.2 Å². The number of hydrogen-bond acceptors (Lipinski definition) is 7. The first-order valence-corrected chi connectivity index (χ1v) is 10.9. The quantitative estimate of drug-likeness (QED) is 0.446. The van der Waals surface area contributed by atoms with Gasteiger partial charge in [0.05, 0.1) is 11.2 Å². The molecule has 3 heterocycles. The van der Waals surface area contributed by atoms with Crippen LogP contribution in [0.5, 0.6) is 0 Å². The summed E-state index contributed by atoms with van der Waals surface area (Å²) in [4.78, 5) is 34.0. The Hall–Kier alpha value is -3.94. The molecule has 4 aromatic rings. The van der Waals surface area contributed by atoms with Crippen molar-refractivity contribution >= 4 is 22.6 Å². The van der Waals surface area contributed by atoms with E-state index in [1.807, 2.05) is 43.5 Å². The summed E-state index contributed by atoms with van der Waals surface area (Å²) in [6.45, 7) is 7.03. The molecule has 0 aliphatic carbocycles. The van der Waals surface area contributed by atoms with Crippen molar-refractivity contribution in [2.24, 2.45) is 5.92 Å². The van der Waals surface area contributed by atoms with Crippen LogP contribution in [0.25, 0.3) is 22.2 Å². The van der Waals surface area contributed by atoms with Gasteiger partial charge in [-0.05, 0) is 36.5 Å². The summed E-state index contributed by atoms with van der Waals surface area (Å²) in [5, 5.41) is 6.84. The average Bonchev–Trinajstić information content (AvgIpc) is 2.86. The maximum atomic E-state index is 12.2. The summed E-state index contributed by atoms with van der Waals surface area (Å²) in [6, 6.07) is 11.8. The summed E-state index contributed by atoms with van der Waals surface area (Å²) >= 11 is 0. The average molecular weight is 442 g/mol. The highest BCUT2D eigenvalue weighted by Gasteiger charge is 2.20. The number of carbonyl (C=O) groups excluding carboxylic acids is 1. The number of carbonyl (C=O) groups is 1.